The molecule has 0 spiro atoms. The van der Waals surface area contributed by atoms with Crippen LogP contribution in [0.4, 0.5) is 10.5 Å². The van der Waals surface area contributed by atoms with E-state index in [-0.39, 0.29) is 0 Å². The maximum atomic E-state index is 10.9. The molecule has 0 bridgehead atoms. The fourth-order valence-corrected chi connectivity index (χ4v) is 0.725. The van der Waals surface area contributed by atoms with Crippen LogP contribution in [0.5, 0.6) is 0 Å². The molecule has 0 saturated heterocycles. The highest BCUT2D eigenvalue weighted by atomic mass is 16.5. The highest BCUT2D eigenvalue weighted by molar-refractivity contribution is 5.71. The van der Waals surface area contributed by atoms with E-state index in [2.05, 4.69) is 0 Å². The monoisotopic (exact) mass is 154 g/mol. The first-order chi connectivity index (χ1) is 5.24. The number of ether oxygens (including phenoxy) is 1. The first-order valence-corrected chi connectivity index (χ1v) is 3.34. The van der Waals surface area contributed by atoms with Gasteiger partial charge in [0, 0.05) is 18.1 Å². The number of nitrogens with two attached hydrogens (primary N) is 1. The van der Waals surface area contributed by atoms with E-state index >= 15 is 0 Å². The summed E-state index contributed by atoms with van der Waals surface area (Å²) in [5, 5.41) is 0. The second kappa shape index (κ2) is 3.09. The Labute approximate surface area is 64.6 Å². The van der Waals surface area contributed by atoms with Crippen LogP contribution in [0.1, 0.15) is 6.92 Å². The van der Waals surface area contributed by atoms with Crippen molar-refractivity contribution in [3.8, 4) is 0 Å². The fourth-order valence-electron chi connectivity index (χ4n) is 0.725. The van der Waals surface area contributed by atoms with Crippen LogP contribution in [0.15, 0.2) is 18.5 Å². The van der Waals surface area contributed by atoms with Gasteiger partial charge in [-0.1, -0.05) is 0 Å². The third-order valence-electron chi connectivity index (χ3n) is 1.19. The van der Waals surface area contributed by atoms with Gasteiger partial charge in [-0.05, 0) is 13.0 Å². The fraction of sp³-hybridized carbons (Fsp3) is 0.286. The van der Waals surface area contributed by atoms with Gasteiger partial charge in [-0.2, -0.15) is 0 Å². The summed E-state index contributed by atoms with van der Waals surface area (Å²) in [5.41, 5.74) is 5.94. The van der Waals surface area contributed by atoms with Gasteiger partial charge in [0.15, 0.2) is 0 Å². The second-order valence-corrected chi connectivity index (χ2v) is 2.05. The first-order valence-electron chi connectivity index (χ1n) is 3.34. The van der Waals surface area contributed by atoms with E-state index in [9.17, 15) is 4.79 Å². The molecule has 0 fully saturated rings. The molecular weight excluding hydrogens is 144 g/mol. The van der Waals surface area contributed by atoms with Gasteiger partial charge < -0.3 is 10.5 Å². The lowest BCUT2D eigenvalue weighted by Crippen LogP contribution is -2.10. The average molecular weight is 154 g/mol. The highest BCUT2D eigenvalue weighted by Crippen LogP contribution is 2.02. The molecule has 0 atom stereocenters. The van der Waals surface area contributed by atoms with Crippen molar-refractivity contribution in [2.75, 3.05) is 12.3 Å². The molecule has 1 aromatic rings. The molecule has 1 rings (SSSR count). The molecule has 0 radical (unpaired) electrons. The smallest absolute Gasteiger partial charge is 0.418 e. The molecule has 0 aliphatic carbocycles. The summed E-state index contributed by atoms with van der Waals surface area (Å²) in [5.74, 6) is 0. The number of carbonyl (C=O) groups is 1. The lowest BCUT2D eigenvalue weighted by molar-refractivity contribution is 0.154. The van der Waals surface area contributed by atoms with Crippen LogP contribution in [-0.2, 0) is 4.74 Å². The Morgan fingerprint density at radius 1 is 1.82 bits per heavy atom. The highest BCUT2D eigenvalue weighted by Gasteiger charge is 2.02. The summed E-state index contributed by atoms with van der Waals surface area (Å²) < 4.78 is 6.01. The van der Waals surface area contributed by atoms with Gasteiger partial charge >= 0.3 is 6.09 Å². The Hall–Kier alpha value is -1.45. The van der Waals surface area contributed by atoms with Crippen LogP contribution in [0.2, 0.25) is 0 Å². The molecule has 0 aliphatic rings. The number of anilines is 1. The largest absolute Gasteiger partial charge is 0.449 e. The third-order valence-corrected chi connectivity index (χ3v) is 1.19. The Morgan fingerprint density at radius 3 is 3.00 bits per heavy atom. The minimum absolute atomic E-state index is 0.372. The van der Waals surface area contributed by atoms with Crippen LogP contribution in [0.3, 0.4) is 0 Å². The van der Waals surface area contributed by atoms with E-state index in [4.69, 9.17) is 10.5 Å². The predicted molar refractivity (Wildman–Crippen MR) is 41.3 cm³/mol. The van der Waals surface area contributed by atoms with Crippen molar-refractivity contribution in [2.24, 2.45) is 0 Å². The van der Waals surface area contributed by atoms with Crippen LogP contribution >= 0.6 is 0 Å². The number of nitrogens with zero attached hydrogens (tertiary/aromatic N) is 1. The predicted octanol–water partition coefficient (Wildman–Crippen LogP) is 1.07. The number of rotatable bonds is 1. The van der Waals surface area contributed by atoms with E-state index in [0.29, 0.717) is 12.3 Å². The van der Waals surface area contributed by atoms with Gasteiger partial charge in [0.25, 0.3) is 0 Å². The van der Waals surface area contributed by atoms with Crippen molar-refractivity contribution in [1.29, 1.82) is 0 Å². The average Bonchev–Trinajstić information content (AvgIpc) is 2.36. The number of aromatic nitrogens is 1. The SMILES string of the molecule is CCOC(=O)n1ccc(N)c1. The molecule has 4 nitrogen and oxygen atoms in total. The summed E-state index contributed by atoms with van der Waals surface area (Å²) in [7, 11) is 0. The third kappa shape index (κ3) is 1.73. The molecule has 11 heavy (non-hydrogen) atoms. The zero-order valence-electron chi connectivity index (χ0n) is 6.28. The summed E-state index contributed by atoms with van der Waals surface area (Å²) in [4.78, 5) is 10.9. The zero-order chi connectivity index (χ0) is 8.27. The Balaban J connectivity index is 2.69. The Bertz CT molecular complexity index is 255. The summed E-state index contributed by atoms with van der Waals surface area (Å²) in [6, 6.07) is 1.64. The molecule has 2 N–H and O–H groups in total. The lowest BCUT2D eigenvalue weighted by Gasteiger charge is -1.99. The minimum Gasteiger partial charge on any atom is -0.449 e. The molecule has 0 aromatic carbocycles. The van der Waals surface area contributed by atoms with Crippen LogP contribution in [-0.4, -0.2) is 17.3 Å². The molecule has 1 heterocycles. The Morgan fingerprint density at radius 2 is 2.55 bits per heavy atom. The second-order valence-electron chi connectivity index (χ2n) is 2.05. The van der Waals surface area contributed by atoms with Crippen molar-refractivity contribution < 1.29 is 9.53 Å². The standard InChI is InChI=1S/C7H10N2O2/c1-2-11-7(10)9-4-3-6(8)5-9/h3-5H,2,8H2,1H3. The maximum absolute atomic E-state index is 10.9. The molecule has 0 unspecified atom stereocenters. The van der Waals surface area contributed by atoms with Crippen molar-refractivity contribution in [3.05, 3.63) is 18.5 Å². The van der Waals surface area contributed by atoms with Crippen LogP contribution in [0.25, 0.3) is 0 Å². The molecule has 4 heteroatoms. The van der Waals surface area contributed by atoms with Crippen molar-refractivity contribution in [3.63, 3.8) is 0 Å². The minimum atomic E-state index is -0.399. The maximum Gasteiger partial charge on any atom is 0.418 e. The molecule has 60 valence electrons. The summed E-state index contributed by atoms with van der Waals surface area (Å²) in [6.45, 7) is 2.13. The van der Waals surface area contributed by atoms with E-state index in [1.165, 1.54) is 10.8 Å². The molecule has 0 saturated carbocycles. The molecule has 0 amide bonds. The summed E-state index contributed by atoms with van der Waals surface area (Å²) in [6.07, 6.45) is 2.68. The number of hydrogen-bond acceptors (Lipinski definition) is 3. The molecule has 0 aliphatic heterocycles. The van der Waals surface area contributed by atoms with Gasteiger partial charge in [-0.3, -0.25) is 4.57 Å². The van der Waals surface area contributed by atoms with E-state index in [1.807, 2.05) is 0 Å². The van der Waals surface area contributed by atoms with E-state index in [0.717, 1.165) is 0 Å². The number of hydrogen-bond donors (Lipinski definition) is 1. The van der Waals surface area contributed by atoms with Gasteiger partial charge in [-0.15, -0.1) is 0 Å². The van der Waals surface area contributed by atoms with Gasteiger partial charge in [0.1, 0.15) is 0 Å². The zero-order valence-corrected chi connectivity index (χ0v) is 6.28. The Kier molecular flexibility index (Phi) is 2.15. The van der Waals surface area contributed by atoms with Crippen molar-refractivity contribution >= 4 is 11.8 Å². The van der Waals surface area contributed by atoms with E-state index < -0.39 is 6.09 Å². The number of carbonyl (C=O) groups excluding carboxylic acids is 1. The first kappa shape index (κ1) is 7.65. The normalized spacial score (nSPS) is 9.55. The van der Waals surface area contributed by atoms with Crippen LogP contribution in [0, 0.1) is 0 Å². The van der Waals surface area contributed by atoms with Crippen LogP contribution < -0.4 is 5.73 Å². The van der Waals surface area contributed by atoms with Crippen molar-refractivity contribution in [1.82, 2.24) is 4.57 Å². The van der Waals surface area contributed by atoms with Gasteiger partial charge in [0.05, 0.1) is 6.61 Å². The topological polar surface area (TPSA) is 57.2 Å². The van der Waals surface area contributed by atoms with Gasteiger partial charge in [-0.25, -0.2) is 4.79 Å². The van der Waals surface area contributed by atoms with Crippen molar-refractivity contribution in [2.45, 2.75) is 6.92 Å². The van der Waals surface area contributed by atoms with E-state index in [1.54, 1.807) is 19.2 Å². The molecular formula is C7H10N2O2. The molecule has 1 aromatic heterocycles. The summed E-state index contributed by atoms with van der Waals surface area (Å²) >= 11 is 0. The quantitative estimate of drug-likeness (QED) is 0.658. The lowest BCUT2D eigenvalue weighted by atomic mass is 10.6. The van der Waals surface area contributed by atoms with Gasteiger partial charge in [0.2, 0.25) is 0 Å². The number of nitrogen functional groups attached to an aromatic ring is 1.